The van der Waals surface area contributed by atoms with Crippen molar-refractivity contribution in [3.8, 4) is 6.07 Å². The molecule has 0 fully saturated rings. The summed E-state index contributed by atoms with van der Waals surface area (Å²) in [5, 5.41) is 9.60. The second kappa shape index (κ2) is 5.21. The Hall–Kier alpha value is -1.51. The first kappa shape index (κ1) is 12.0. The van der Waals surface area contributed by atoms with Crippen molar-refractivity contribution in [3.05, 3.63) is 46.6 Å². The molecule has 3 nitrogen and oxygen atoms in total. The molecule has 1 heterocycles. The smallest absolute Gasteiger partial charge is 0.164 e. The maximum atomic E-state index is 8.85. The van der Waals surface area contributed by atoms with Crippen molar-refractivity contribution in [2.45, 2.75) is 9.92 Å². The lowest BCUT2D eigenvalue weighted by atomic mass is 10.3. The molecule has 2 aromatic rings. The highest BCUT2D eigenvalue weighted by Crippen LogP contribution is 2.32. The Bertz CT molecular complexity index is 593. The van der Waals surface area contributed by atoms with E-state index in [-0.39, 0.29) is 5.69 Å². The van der Waals surface area contributed by atoms with E-state index in [0.29, 0.717) is 5.69 Å². The molecule has 0 saturated heterocycles. The van der Waals surface area contributed by atoms with Crippen LogP contribution in [0.25, 0.3) is 0 Å². The van der Waals surface area contributed by atoms with Crippen LogP contribution in [0.2, 0.25) is 0 Å². The van der Waals surface area contributed by atoms with E-state index in [0.717, 1.165) is 14.4 Å². The van der Waals surface area contributed by atoms with Gasteiger partial charge in [0.05, 0.1) is 5.69 Å². The van der Waals surface area contributed by atoms with Gasteiger partial charge in [0.2, 0.25) is 0 Å². The fraction of sp³-hybridized carbons (Fsp3) is 0. The number of aromatic nitrogens is 1. The first-order valence-corrected chi connectivity index (χ1v) is 6.40. The lowest BCUT2D eigenvalue weighted by Gasteiger charge is -2.04. The summed E-state index contributed by atoms with van der Waals surface area (Å²) in [6.07, 6.45) is 0. The minimum atomic E-state index is 0.266. The van der Waals surface area contributed by atoms with Gasteiger partial charge in [0.25, 0.3) is 0 Å². The summed E-state index contributed by atoms with van der Waals surface area (Å²) < 4.78 is 1.00. The second-order valence-electron chi connectivity index (χ2n) is 3.23. The first-order chi connectivity index (χ1) is 8.20. The van der Waals surface area contributed by atoms with E-state index in [1.807, 2.05) is 30.3 Å². The molecule has 84 valence electrons. The lowest BCUT2D eigenvalue weighted by Crippen LogP contribution is -1.94. The number of anilines is 1. The third kappa shape index (κ3) is 2.78. The van der Waals surface area contributed by atoms with Crippen LogP contribution in [-0.4, -0.2) is 4.98 Å². The lowest BCUT2D eigenvalue weighted by molar-refractivity contribution is 1.10. The number of rotatable bonds is 2. The zero-order valence-electron chi connectivity index (χ0n) is 8.72. The highest BCUT2D eigenvalue weighted by Gasteiger charge is 2.05. The summed E-state index contributed by atoms with van der Waals surface area (Å²) in [6, 6.07) is 13.3. The highest BCUT2D eigenvalue weighted by molar-refractivity contribution is 9.10. The minimum Gasteiger partial charge on any atom is -0.396 e. The molecule has 1 aromatic carbocycles. The van der Waals surface area contributed by atoms with Gasteiger partial charge in [0.15, 0.2) is 5.69 Å². The monoisotopic (exact) mass is 305 g/mol. The number of nitrogens with two attached hydrogens (primary N) is 1. The van der Waals surface area contributed by atoms with Crippen LogP contribution in [0.5, 0.6) is 0 Å². The van der Waals surface area contributed by atoms with Crippen LogP contribution < -0.4 is 5.73 Å². The molecule has 0 saturated carbocycles. The summed E-state index contributed by atoms with van der Waals surface area (Å²) in [4.78, 5) is 5.23. The van der Waals surface area contributed by atoms with Gasteiger partial charge in [0.1, 0.15) is 11.1 Å². The van der Waals surface area contributed by atoms with Gasteiger partial charge in [-0.1, -0.05) is 23.9 Å². The van der Waals surface area contributed by atoms with E-state index < -0.39 is 0 Å². The zero-order valence-corrected chi connectivity index (χ0v) is 11.1. The van der Waals surface area contributed by atoms with Crippen molar-refractivity contribution in [2.24, 2.45) is 0 Å². The Balaban J connectivity index is 2.32. The maximum Gasteiger partial charge on any atom is 0.164 e. The largest absolute Gasteiger partial charge is 0.396 e. The molecule has 2 N–H and O–H groups in total. The van der Waals surface area contributed by atoms with Crippen LogP contribution in [0.1, 0.15) is 5.69 Å². The zero-order chi connectivity index (χ0) is 12.3. The SMILES string of the molecule is N#Cc1nc(Sc2ccccc2Br)ccc1N. The van der Waals surface area contributed by atoms with Gasteiger partial charge < -0.3 is 5.73 Å². The molecule has 5 heteroatoms. The molecule has 0 aliphatic heterocycles. The average molecular weight is 306 g/mol. The van der Waals surface area contributed by atoms with Crippen LogP contribution in [0, 0.1) is 11.3 Å². The molecule has 2 rings (SSSR count). The Kier molecular flexibility index (Phi) is 3.67. The van der Waals surface area contributed by atoms with Crippen molar-refractivity contribution in [2.75, 3.05) is 5.73 Å². The predicted octanol–water partition coefficient (Wildman–Crippen LogP) is 3.45. The summed E-state index contributed by atoms with van der Waals surface area (Å²) in [6.45, 7) is 0. The van der Waals surface area contributed by atoms with E-state index in [2.05, 4.69) is 20.9 Å². The Morgan fingerprint density at radius 2 is 2.00 bits per heavy atom. The van der Waals surface area contributed by atoms with Gasteiger partial charge in [-0.15, -0.1) is 0 Å². The van der Waals surface area contributed by atoms with Crippen molar-refractivity contribution >= 4 is 33.4 Å². The molecule has 0 aliphatic rings. The molecule has 0 atom stereocenters. The van der Waals surface area contributed by atoms with E-state index in [1.54, 1.807) is 12.1 Å². The van der Waals surface area contributed by atoms with E-state index in [4.69, 9.17) is 11.0 Å². The fourth-order valence-electron chi connectivity index (χ4n) is 1.24. The van der Waals surface area contributed by atoms with E-state index >= 15 is 0 Å². The summed E-state index contributed by atoms with van der Waals surface area (Å²) in [5.74, 6) is 0. The van der Waals surface area contributed by atoms with Gasteiger partial charge >= 0.3 is 0 Å². The first-order valence-electron chi connectivity index (χ1n) is 4.79. The molecule has 1 aromatic heterocycles. The minimum absolute atomic E-state index is 0.266. The Morgan fingerprint density at radius 3 is 2.71 bits per heavy atom. The van der Waals surface area contributed by atoms with Crippen LogP contribution in [0.15, 0.2) is 50.8 Å². The Morgan fingerprint density at radius 1 is 1.24 bits per heavy atom. The van der Waals surface area contributed by atoms with Crippen molar-refractivity contribution < 1.29 is 0 Å². The van der Waals surface area contributed by atoms with Crippen LogP contribution in [0.3, 0.4) is 0 Å². The summed E-state index contributed by atoms with van der Waals surface area (Å²) >= 11 is 4.95. The third-order valence-corrected chi connectivity index (χ3v) is 4.02. The second-order valence-corrected chi connectivity index (χ2v) is 5.15. The van der Waals surface area contributed by atoms with Gasteiger partial charge in [-0.3, -0.25) is 0 Å². The normalized spacial score (nSPS) is 9.88. The standard InChI is InChI=1S/C12H8BrN3S/c13-8-3-1-2-4-11(8)17-12-6-5-9(15)10(7-14)16-12/h1-6H,15H2. The number of hydrogen-bond acceptors (Lipinski definition) is 4. The van der Waals surface area contributed by atoms with Crippen molar-refractivity contribution in [1.29, 1.82) is 5.26 Å². The molecule has 0 aliphatic carbocycles. The summed E-state index contributed by atoms with van der Waals surface area (Å²) in [7, 11) is 0. The predicted molar refractivity (Wildman–Crippen MR) is 71.6 cm³/mol. The van der Waals surface area contributed by atoms with Crippen LogP contribution >= 0.6 is 27.7 Å². The number of nitrogen functional groups attached to an aromatic ring is 1. The molecule has 0 bridgehead atoms. The molecule has 0 amide bonds. The van der Waals surface area contributed by atoms with Gasteiger partial charge in [-0.2, -0.15) is 5.26 Å². The van der Waals surface area contributed by atoms with Gasteiger partial charge in [-0.05, 0) is 40.2 Å². The third-order valence-electron chi connectivity index (χ3n) is 2.06. The number of nitriles is 1. The molecule has 17 heavy (non-hydrogen) atoms. The molecule has 0 spiro atoms. The molecule has 0 radical (unpaired) electrons. The average Bonchev–Trinajstić information content (AvgIpc) is 2.34. The van der Waals surface area contributed by atoms with Crippen molar-refractivity contribution in [3.63, 3.8) is 0 Å². The number of pyridine rings is 1. The van der Waals surface area contributed by atoms with Crippen LogP contribution in [0.4, 0.5) is 5.69 Å². The number of benzene rings is 1. The number of halogens is 1. The number of nitrogens with zero attached hydrogens (tertiary/aromatic N) is 2. The summed E-state index contributed by atoms with van der Waals surface area (Å²) in [5.41, 5.74) is 6.29. The molecular formula is C12H8BrN3S. The van der Waals surface area contributed by atoms with E-state index in [1.165, 1.54) is 11.8 Å². The maximum absolute atomic E-state index is 8.85. The van der Waals surface area contributed by atoms with Gasteiger partial charge in [0, 0.05) is 9.37 Å². The quantitative estimate of drug-likeness (QED) is 0.923. The topological polar surface area (TPSA) is 62.7 Å². The molecule has 0 unspecified atom stereocenters. The van der Waals surface area contributed by atoms with E-state index in [9.17, 15) is 0 Å². The number of hydrogen-bond donors (Lipinski definition) is 1. The Labute approximate surface area is 112 Å². The molecular weight excluding hydrogens is 298 g/mol. The fourth-order valence-corrected chi connectivity index (χ4v) is 2.58. The van der Waals surface area contributed by atoms with Crippen LogP contribution in [-0.2, 0) is 0 Å². The van der Waals surface area contributed by atoms with Crippen molar-refractivity contribution in [1.82, 2.24) is 4.98 Å². The highest BCUT2D eigenvalue weighted by atomic mass is 79.9. The van der Waals surface area contributed by atoms with Gasteiger partial charge in [-0.25, -0.2) is 4.98 Å².